The number of primary amides is 1. The van der Waals surface area contributed by atoms with E-state index in [1.54, 1.807) is 62.6 Å². The van der Waals surface area contributed by atoms with Gasteiger partial charge in [0.15, 0.2) is 0 Å². The lowest BCUT2D eigenvalue weighted by Crippen LogP contribution is -2.21. The van der Waals surface area contributed by atoms with Gasteiger partial charge >= 0.3 is 0 Å². The van der Waals surface area contributed by atoms with E-state index in [-0.39, 0.29) is 42.1 Å². The van der Waals surface area contributed by atoms with Crippen LogP contribution in [0.2, 0.25) is 0 Å². The van der Waals surface area contributed by atoms with Crippen molar-refractivity contribution in [2.45, 2.75) is 127 Å². The Labute approximate surface area is 330 Å². The molecule has 5 atom stereocenters. The van der Waals surface area contributed by atoms with Gasteiger partial charge in [0.2, 0.25) is 21.8 Å². The number of sulfone groups is 1. The van der Waals surface area contributed by atoms with Gasteiger partial charge in [0.25, 0.3) is 0 Å². The van der Waals surface area contributed by atoms with E-state index < -0.39 is 38.2 Å². The van der Waals surface area contributed by atoms with Crippen molar-refractivity contribution in [3.8, 4) is 0 Å². The first-order valence-electron chi connectivity index (χ1n) is 17.3. The summed E-state index contributed by atoms with van der Waals surface area (Å²) in [5, 5.41) is 52.8. The maximum Gasteiger partial charge on any atom is 0.222 e. The molecule has 0 heterocycles. The molecule has 0 aliphatic heterocycles. The summed E-state index contributed by atoms with van der Waals surface area (Å²) in [5.41, 5.74) is 4.47. The number of aliphatic hydroxyl groups excluding tert-OH is 5. The highest BCUT2D eigenvalue weighted by Gasteiger charge is 2.01. The van der Waals surface area contributed by atoms with Gasteiger partial charge in [-0.2, -0.15) is 0 Å². The first-order chi connectivity index (χ1) is 24.3. The van der Waals surface area contributed by atoms with Gasteiger partial charge in [0.1, 0.15) is 21.8 Å². The second-order valence-corrected chi connectivity index (χ2v) is 15.2. The number of carbonyl (C=O) groups excluding carboxylic acids is 3. The topological polar surface area (TPSA) is 307 Å². The Bertz CT molecular complexity index is 932. The molecule has 0 radical (unpaired) electrons. The molecule has 0 fully saturated rings. The fourth-order valence-electron chi connectivity index (χ4n) is 0.666. The van der Waals surface area contributed by atoms with E-state index in [2.05, 4.69) is 38.6 Å². The van der Waals surface area contributed by atoms with Crippen LogP contribution < -0.4 is 31.7 Å². The van der Waals surface area contributed by atoms with E-state index in [1.807, 2.05) is 47.0 Å². The van der Waals surface area contributed by atoms with E-state index in [4.69, 9.17) is 25.5 Å². The number of amides is 2. The third-order valence-electron chi connectivity index (χ3n) is 4.46. The number of carbonyl (C=O) groups is 3. The number of nitrogens with two attached hydrogens (primary N) is 1. The van der Waals surface area contributed by atoms with Crippen LogP contribution in [0.3, 0.4) is 0 Å². The molecule has 0 aromatic rings. The number of hydrogen-bond acceptors (Lipinski definition) is 15. The summed E-state index contributed by atoms with van der Waals surface area (Å²) >= 11 is 0. The first kappa shape index (κ1) is 76.6. The molecule has 0 bridgehead atoms. The molecule has 0 rings (SSSR count). The molecule has 12 N–H and O–H groups in total. The number of nitrogens with one attached hydrogen (secondary N) is 5. The van der Waals surface area contributed by atoms with Gasteiger partial charge < -0.3 is 52.0 Å². The molecule has 0 saturated carbocycles. The number of sulfonamides is 1. The summed E-state index contributed by atoms with van der Waals surface area (Å²) in [5.74, 6) is 0.0394. The summed E-state index contributed by atoms with van der Waals surface area (Å²) < 4.78 is 41.9. The van der Waals surface area contributed by atoms with Gasteiger partial charge in [0.05, 0.1) is 37.1 Å². The lowest BCUT2D eigenvalue weighted by atomic mass is 10.3. The summed E-state index contributed by atoms with van der Waals surface area (Å²) in [6.45, 7) is 22.3. The largest absolute Gasteiger partial charge is 0.393 e. The Kier molecular flexibility index (Phi) is 85.3. The number of allylic oxidation sites excluding steroid dienone is 2. The molecule has 336 valence electrons. The summed E-state index contributed by atoms with van der Waals surface area (Å²) in [7, 11) is 2.78. The van der Waals surface area contributed by atoms with Crippen molar-refractivity contribution in [2.75, 3.05) is 66.6 Å². The molecule has 54 heavy (non-hydrogen) atoms. The number of Topliss-reactive ketones (excluding diaryl/α,β-unsaturated/α-hetero) is 1. The van der Waals surface area contributed by atoms with Gasteiger partial charge in [-0.05, 0) is 90.1 Å². The highest BCUT2D eigenvalue weighted by Crippen LogP contribution is 1.86. The zero-order valence-electron chi connectivity index (χ0n) is 37.1. The quantitative estimate of drug-likeness (QED) is 0.101. The second-order valence-electron chi connectivity index (χ2n) is 10.8. The normalized spacial score (nSPS) is 12.1. The Morgan fingerprint density at radius 2 is 0.963 bits per heavy atom. The minimum atomic E-state index is -2.91. The molecule has 0 aliphatic carbocycles. The molecule has 0 saturated heterocycles. The monoisotopic (exact) mass is 835 g/mol. The molecule has 20 heteroatoms. The Morgan fingerprint density at radius 1 is 0.704 bits per heavy atom. The first-order valence-corrected chi connectivity index (χ1v) is 21.2. The average Bonchev–Trinajstić information content (AvgIpc) is 3.05. The maximum absolute atomic E-state index is 10.4. The SMILES string of the molecule is CC(N)=O.CC(O)C(C)O.CC=CC.CCC(C)=O.CCNC.CCS(C)(=O)=O.CNC(=O)CC(C)O.CNC(C)O.CNCC(C)O.CNS(C)(=O)=O. The summed E-state index contributed by atoms with van der Waals surface area (Å²) in [4.78, 5) is 29.4. The molecule has 0 spiro atoms. The molecular formula is C34H86N6O12S2. The van der Waals surface area contributed by atoms with Crippen LogP contribution in [-0.4, -0.2) is 157 Å². The second kappa shape index (κ2) is 60.1. The molecular weight excluding hydrogens is 749 g/mol. The van der Waals surface area contributed by atoms with Crippen molar-refractivity contribution in [2.24, 2.45) is 5.73 Å². The minimum absolute atomic E-state index is 0.125. The van der Waals surface area contributed by atoms with Gasteiger partial charge in [-0.25, -0.2) is 21.6 Å². The van der Waals surface area contributed by atoms with E-state index >= 15 is 0 Å². The van der Waals surface area contributed by atoms with Crippen LogP contribution in [0.4, 0.5) is 0 Å². The molecule has 2 amide bonds. The van der Waals surface area contributed by atoms with Crippen molar-refractivity contribution in [1.82, 2.24) is 26.0 Å². The van der Waals surface area contributed by atoms with Crippen molar-refractivity contribution in [3.63, 3.8) is 0 Å². The van der Waals surface area contributed by atoms with Crippen LogP contribution in [0.5, 0.6) is 0 Å². The third kappa shape index (κ3) is 228. The molecule has 5 unspecified atom stereocenters. The van der Waals surface area contributed by atoms with Crippen molar-refractivity contribution in [1.29, 1.82) is 0 Å². The number of likely N-dealkylation sites (N-methyl/N-ethyl adjacent to an activating group) is 1. The Hall–Kier alpha value is -2.11. The molecule has 0 aromatic heterocycles. The van der Waals surface area contributed by atoms with Gasteiger partial charge in [-0.15, -0.1) is 0 Å². The zero-order chi connectivity index (χ0) is 46.1. The van der Waals surface area contributed by atoms with Crippen molar-refractivity contribution in [3.05, 3.63) is 12.2 Å². The van der Waals surface area contributed by atoms with Crippen molar-refractivity contribution < 1.29 is 56.8 Å². The Balaban J connectivity index is -0.0000000502. The summed E-state index contributed by atoms with van der Waals surface area (Å²) in [6, 6.07) is 0. The van der Waals surface area contributed by atoms with E-state index in [9.17, 15) is 31.2 Å². The highest BCUT2D eigenvalue weighted by atomic mass is 32.2. The van der Waals surface area contributed by atoms with Crippen molar-refractivity contribution >= 4 is 37.5 Å². The number of ketones is 1. The third-order valence-corrected chi connectivity index (χ3v) is 6.25. The lowest BCUT2D eigenvalue weighted by Gasteiger charge is -2.03. The Morgan fingerprint density at radius 3 is 0.981 bits per heavy atom. The number of aliphatic hydroxyl groups is 5. The zero-order valence-corrected chi connectivity index (χ0v) is 38.7. The van der Waals surface area contributed by atoms with E-state index in [0.29, 0.717) is 13.0 Å². The maximum atomic E-state index is 10.4. The molecule has 0 aromatic carbocycles. The predicted molar refractivity (Wildman–Crippen MR) is 225 cm³/mol. The molecule has 18 nitrogen and oxygen atoms in total. The van der Waals surface area contributed by atoms with Gasteiger partial charge in [-0.3, -0.25) is 14.9 Å². The fraction of sp³-hybridized carbons (Fsp3) is 0.853. The van der Waals surface area contributed by atoms with Crippen LogP contribution >= 0.6 is 0 Å². The minimum Gasteiger partial charge on any atom is -0.393 e. The average molecular weight is 835 g/mol. The van der Waals surface area contributed by atoms with Crippen LogP contribution in [0.25, 0.3) is 0 Å². The van der Waals surface area contributed by atoms with E-state index in [0.717, 1.165) is 12.8 Å². The van der Waals surface area contributed by atoms with Gasteiger partial charge in [0, 0.05) is 38.9 Å². The van der Waals surface area contributed by atoms with E-state index in [1.165, 1.54) is 20.2 Å². The summed E-state index contributed by atoms with van der Waals surface area (Å²) in [6.07, 6.45) is 4.88. The fourth-order valence-corrected chi connectivity index (χ4v) is 0.666. The predicted octanol–water partition coefficient (Wildman–Crippen LogP) is -0.117. The van der Waals surface area contributed by atoms with Crippen LogP contribution in [0, 0.1) is 0 Å². The van der Waals surface area contributed by atoms with Crippen LogP contribution in [0.1, 0.15) is 95.9 Å². The number of rotatable bonds is 10. The lowest BCUT2D eigenvalue weighted by molar-refractivity contribution is -0.122. The highest BCUT2D eigenvalue weighted by molar-refractivity contribution is 7.90. The smallest absolute Gasteiger partial charge is 0.222 e. The standard InChI is InChI=1S/C5H11NO2.C4H11NO.C4H10O2.C4H8O.C4H8.C3H9NO.C3H9N.C3H8O2S.C2H7NO2S.C2H5NO/c1-4(7)3-5(8)6-2;1-4(6)3-5-2;1-3(5)4(2)6;1-3-4(2)5;1-3-4-2;1-3(5)4-2;1-3-4-2;2*1-3-6(2,4)5;1-2(3)4/h4,7H,3H2,1-2H3,(H,6,8);4-6H,3H2,1-2H3;3-6H,1-2H3;3H2,1-2H3;3-4H,1-2H3;3-5H,1-2H3;4H,3H2,1-2H3;3H2,1-2H3;3H,1-2H3;1H3,(H2,3,4). The van der Waals surface area contributed by atoms with Crippen LogP contribution in [0.15, 0.2) is 12.2 Å². The molecule has 0 aliphatic rings. The number of hydrogen-bond donors (Lipinski definition) is 11. The van der Waals surface area contributed by atoms with Crippen LogP contribution in [-0.2, 0) is 34.2 Å². The van der Waals surface area contributed by atoms with Gasteiger partial charge in [-0.1, -0.05) is 32.9 Å².